The van der Waals surface area contributed by atoms with Crippen LogP contribution in [0.15, 0.2) is 70.4 Å². The molecule has 1 aliphatic rings. The summed E-state index contributed by atoms with van der Waals surface area (Å²) >= 11 is 1.02. The van der Waals surface area contributed by atoms with Crippen molar-refractivity contribution in [2.24, 2.45) is 0 Å². The normalized spacial score (nSPS) is 13.4. The molecule has 1 aliphatic heterocycles. The summed E-state index contributed by atoms with van der Waals surface area (Å²) in [5.41, 5.74) is 3.59. The van der Waals surface area contributed by atoms with Crippen LogP contribution >= 0.6 is 11.8 Å². The average molecular weight is 503 g/mol. The topological polar surface area (TPSA) is 101 Å². The van der Waals surface area contributed by atoms with E-state index in [1.54, 1.807) is 24.3 Å². The van der Waals surface area contributed by atoms with Gasteiger partial charge < -0.3 is 10.1 Å². The lowest BCUT2D eigenvalue weighted by atomic mass is 10.1. The number of benzene rings is 2. The van der Waals surface area contributed by atoms with Crippen molar-refractivity contribution in [2.75, 3.05) is 16.8 Å². The summed E-state index contributed by atoms with van der Waals surface area (Å²) in [6.07, 6.45) is 0.651. The van der Waals surface area contributed by atoms with E-state index < -0.39 is 17.8 Å². The number of rotatable bonds is 8. The lowest BCUT2D eigenvalue weighted by Crippen LogP contribution is -2.33. The van der Waals surface area contributed by atoms with Crippen molar-refractivity contribution in [1.29, 1.82) is 0 Å². The minimum absolute atomic E-state index is 0.0911. The summed E-state index contributed by atoms with van der Waals surface area (Å²) in [5.74, 6) is -1.75. The van der Waals surface area contributed by atoms with E-state index in [0.29, 0.717) is 17.3 Å². The number of hydrogen-bond acceptors (Lipinski definition) is 8. The molecule has 0 bridgehead atoms. The number of carbonyl (C=O) groups excluding carboxylic acids is 3. The Morgan fingerprint density at radius 3 is 2.31 bits per heavy atom. The smallest absolute Gasteiger partial charge is 0.340 e. The SMILES string of the molecule is CCCOC(=O)c1ccccc1N1C(=O)C(Nc2ccc(C)cc2)=C(Sc2nc(C)cc(C)n2)C1=O. The van der Waals surface area contributed by atoms with Gasteiger partial charge in [0.2, 0.25) is 0 Å². The van der Waals surface area contributed by atoms with E-state index >= 15 is 0 Å². The molecule has 2 heterocycles. The number of hydrogen-bond donors (Lipinski definition) is 1. The van der Waals surface area contributed by atoms with E-state index in [2.05, 4.69) is 15.3 Å². The zero-order chi connectivity index (χ0) is 25.8. The fourth-order valence-corrected chi connectivity index (χ4v) is 4.64. The molecule has 0 saturated heterocycles. The number of para-hydroxylation sites is 1. The number of imide groups is 1. The van der Waals surface area contributed by atoms with Crippen LogP contribution in [0.2, 0.25) is 0 Å². The number of esters is 1. The van der Waals surface area contributed by atoms with E-state index in [1.807, 2.05) is 58.0 Å². The molecule has 8 nitrogen and oxygen atoms in total. The van der Waals surface area contributed by atoms with Gasteiger partial charge in [-0.25, -0.2) is 19.7 Å². The molecule has 0 unspecified atom stereocenters. The van der Waals surface area contributed by atoms with Crippen LogP contribution in [-0.2, 0) is 14.3 Å². The number of thioether (sulfide) groups is 1. The Morgan fingerprint density at radius 2 is 1.64 bits per heavy atom. The van der Waals surface area contributed by atoms with Gasteiger partial charge in [0.25, 0.3) is 11.8 Å². The average Bonchev–Trinajstić information content (AvgIpc) is 3.07. The Balaban J connectivity index is 1.77. The third-order valence-electron chi connectivity index (χ3n) is 5.32. The van der Waals surface area contributed by atoms with E-state index in [1.165, 1.54) is 0 Å². The predicted octanol–water partition coefficient (Wildman–Crippen LogP) is 4.96. The number of aromatic nitrogens is 2. The number of nitrogens with zero attached hydrogens (tertiary/aromatic N) is 3. The van der Waals surface area contributed by atoms with E-state index in [-0.39, 0.29) is 28.5 Å². The molecule has 0 saturated carbocycles. The first-order chi connectivity index (χ1) is 17.3. The number of ether oxygens (including phenoxy) is 1. The minimum Gasteiger partial charge on any atom is -0.462 e. The number of carbonyl (C=O) groups is 3. The summed E-state index contributed by atoms with van der Waals surface area (Å²) in [6, 6.07) is 15.7. The molecule has 184 valence electrons. The highest BCUT2D eigenvalue weighted by Gasteiger charge is 2.42. The molecular formula is C27H26N4O4S. The molecule has 0 spiro atoms. The molecule has 0 aliphatic carbocycles. The number of anilines is 2. The Labute approximate surface area is 213 Å². The summed E-state index contributed by atoms with van der Waals surface area (Å²) in [4.78, 5) is 50.1. The van der Waals surface area contributed by atoms with Gasteiger partial charge in [0.05, 0.1) is 17.9 Å². The van der Waals surface area contributed by atoms with Crippen LogP contribution in [0.4, 0.5) is 11.4 Å². The molecule has 3 aromatic rings. The van der Waals surface area contributed by atoms with E-state index in [4.69, 9.17) is 4.74 Å². The first-order valence-electron chi connectivity index (χ1n) is 11.5. The first kappa shape index (κ1) is 25.1. The minimum atomic E-state index is -0.597. The maximum absolute atomic E-state index is 13.7. The van der Waals surface area contributed by atoms with Gasteiger partial charge in [0, 0.05) is 17.1 Å². The lowest BCUT2D eigenvalue weighted by molar-refractivity contribution is -0.120. The highest BCUT2D eigenvalue weighted by Crippen LogP contribution is 2.38. The molecule has 1 N–H and O–H groups in total. The van der Waals surface area contributed by atoms with Gasteiger partial charge in [-0.3, -0.25) is 9.59 Å². The predicted molar refractivity (Wildman–Crippen MR) is 139 cm³/mol. The number of amides is 2. The van der Waals surface area contributed by atoms with Crippen molar-refractivity contribution in [3.8, 4) is 0 Å². The van der Waals surface area contributed by atoms with Crippen LogP contribution in [-0.4, -0.2) is 34.4 Å². The molecule has 2 amide bonds. The fourth-order valence-electron chi connectivity index (χ4n) is 3.66. The maximum Gasteiger partial charge on any atom is 0.340 e. The molecule has 2 aromatic carbocycles. The Morgan fingerprint density at radius 1 is 0.972 bits per heavy atom. The van der Waals surface area contributed by atoms with Gasteiger partial charge in [-0.1, -0.05) is 36.8 Å². The summed E-state index contributed by atoms with van der Waals surface area (Å²) in [6.45, 7) is 7.76. The van der Waals surface area contributed by atoms with Crippen molar-refractivity contribution in [1.82, 2.24) is 9.97 Å². The van der Waals surface area contributed by atoms with Crippen molar-refractivity contribution < 1.29 is 19.1 Å². The zero-order valence-corrected chi connectivity index (χ0v) is 21.3. The second kappa shape index (κ2) is 10.7. The summed E-state index contributed by atoms with van der Waals surface area (Å²) in [7, 11) is 0. The van der Waals surface area contributed by atoms with Crippen LogP contribution in [0.3, 0.4) is 0 Å². The third-order valence-corrected chi connectivity index (χ3v) is 6.27. The van der Waals surface area contributed by atoms with Gasteiger partial charge >= 0.3 is 5.97 Å². The van der Waals surface area contributed by atoms with Crippen LogP contribution in [0.5, 0.6) is 0 Å². The summed E-state index contributed by atoms with van der Waals surface area (Å²) < 4.78 is 5.29. The highest BCUT2D eigenvalue weighted by molar-refractivity contribution is 8.04. The monoisotopic (exact) mass is 502 g/mol. The first-order valence-corrected chi connectivity index (χ1v) is 12.3. The van der Waals surface area contributed by atoms with Gasteiger partial charge in [0.15, 0.2) is 5.16 Å². The van der Waals surface area contributed by atoms with Crippen LogP contribution in [0.1, 0.15) is 40.7 Å². The van der Waals surface area contributed by atoms with Crippen molar-refractivity contribution >= 4 is 40.9 Å². The molecule has 0 fully saturated rings. The molecule has 36 heavy (non-hydrogen) atoms. The molecule has 1 aromatic heterocycles. The van der Waals surface area contributed by atoms with Crippen LogP contribution in [0, 0.1) is 20.8 Å². The highest BCUT2D eigenvalue weighted by atomic mass is 32.2. The van der Waals surface area contributed by atoms with Crippen molar-refractivity contribution in [2.45, 2.75) is 39.3 Å². The van der Waals surface area contributed by atoms with Crippen LogP contribution in [0.25, 0.3) is 0 Å². The fraction of sp³-hybridized carbons (Fsp3) is 0.222. The Kier molecular flexibility index (Phi) is 7.49. The maximum atomic E-state index is 13.7. The molecular weight excluding hydrogens is 476 g/mol. The largest absolute Gasteiger partial charge is 0.462 e. The molecule has 9 heteroatoms. The van der Waals surface area contributed by atoms with E-state index in [0.717, 1.165) is 33.6 Å². The second-order valence-electron chi connectivity index (χ2n) is 8.33. The third kappa shape index (κ3) is 5.31. The molecule has 4 rings (SSSR count). The Hall–Kier alpha value is -3.98. The standard InChI is InChI=1S/C27H26N4O4S/c1-5-14-35-26(34)20-8-6-7-9-21(20)31-24(32)22(30-19-12-10-16(2)11-13-19)23(25(31)33)36-27-28-17(3)15-18(4)29-27/h6-13,15,30H,5,14H2,1-4H3. The second-order valence-corrected chi connectivity index (χ2v) is 9.31. The van der Waals surface area contributed by atoms with Crippen molar-refractivity contribution in [3.05, 3.63) is 87.7 Å². The van der Waals surface area contributed by atoms with Gasteiger partial charge in [-0.15, -0.1) is 0 Å². The number of nitrogens with one attached hydrogen (secondary N) is 1. The molecule has 0 radical (unpaired) electrons. The van der Waals surface area contributed by atoms with Gasteiger partial charge in [0.1, 0.15) is 10.6 Å². The number of aryl methyl sites for hydroxylation is 3. The van der Waals surface area contributed by atoms with Gasteiger partial charge in [-0.2, -0.15) is 0 Å². The van der Waals surface area contributed by atoms with Crippen molar-refractivity contribution in [3.63, 3.8) is 0 Å². The Bertz CT molecular complexity index is 1350. The van der Waals surface area contributed by atoms with Crippen LogP contribution < -0.4 is 10.2 Å². The van der Waals surface area contributed by atoms with Gasteiger partial charge in [-0.05, 0) is 69.3 Å². The zero-order valence-electron chi connectivity index (χ0n) is 20.5. The summed E-state index contributed by atoms with van der Waals surface area (Å²) in [5, 5.41) is 3.46. The quantitative estimate of drug-likeness (QED) is 0.262. The lowest BCUT2D eigenvalue weighted by Gasteiger charge is -2.18. The van der Waals surface area contributed by atoms with E-state index in [9.17, 15) is 14.4 Å². The molecule has 0 atom stereocenters.